The third kappa shape index (κ3) is 2.40. The van der Waals surface area contributed by atoms with Crippen LogP contribution in [0.25, 0.3) is 0 Å². The number of aryl methyl sites for hydroxylation is 1. The second-order valence-corrected chi connectivity index (χ2v) is 4.60. The molecule has 2 aromatic rings. The maximum absolute atomic E-state index is 6.26. The molecule has 2 rings (SSSR count). The Labute approximate surface area is 106 Å². The average Bonchev–Trinajstić information content (AvgIpc) is 2.31. The molecule has 2 heteroatoms. The SMILES string of the molecule is Cc1ccc(Cl)c(Cc2ccccc2)c1Cl. The molecule has 82 valence electrons. The fourth-order valence-corrected chi connectivity index (χ4v) is 2.18. The van der Waals surface area contributed by atoms with Gasteiger partial charge in [-0.05, 0) is 29.7 Å². The number of halogens is 2. The highest BCUT2D eigenvalue weighted by atomic mass is 35.5. The Morgan fingerprint density at radius 3 is 2.31 bits per heavy atom. The molecule has 0 aliphatic heterocycles. The largest absolute Gasteiger partial charge is 0.0840 e. The molecule has 2 aromatic carbocycles. The van der Waals surface area contributed by atoms with Gasteiger partial charge in [0.2, 0.25) is 0 Å². The standard InChI is InChI=1S/C14H12Cl2/c1-10-7-8-13(15)12(14(10)16)9-11-5-3-2-4-6-11/h2-8H,9H2,1H3. The fraction of sp³-hybridized carbons (Fsp3) is 0.143. The van der Waals surface area contributed by atoms with E-state index in [-0.39, 0.29) is 0 Å². The van der Waals surface area contributed by atoms with Gasteiger partial charge >= 0.3 is 0 Å². The molecule has 0 spiro atoms. The number of rotatable bonds is 2. The van der Waals surface area contributed by atoms with Gasteiger partial charge in [0, 0.05) is 16.5 Å². The molecule has 0 bridgehead atoms. The second-order valence-electron chi connectivity index (χ2n) is 3.82. The molecule has 0 fully saturated rings. The van der Waals surface area contributed by atoms with E-state index in [4.69, 9.17) is 23.2 Å². The van der Waals surface area contributed by atoms with Crippen LogP contribution in [0, 0.1) is 6.92 Å². The Kier molecular flexibility index (Phi) is 3.52. The van der Waals surface area contributed by atoms with Crippen LogP contribution in [0.1, 0.15) is 16.7 Å². The van der Waals surface area contributed by atoms with Crippen molar-refractivity contribution in [3.05, 3.63) is 69.2 Å². The summed E-state index contributed by atoms with van der Waals surface area (Å²) in [5.41, 5.74) is 3.29. The zero-order chi connectivity index (χ0) is 11.5. The van der Waals surface area contributed by atoms with Crippen molar-refractivity contribution in [2.45, 2.75) is 13.3 Å². The smallest absolute Gasteiger partial charge is 0.0485 e. The van der Waals surface area contributed by atoms with Gasteiger partial charge in [-0.2, -0.15) is 0 Å². The van der Waals surface area contributed by atoms with Crippen molar-refractivity contribution >= 4 is 23.2 Å². The van der Waals surface area contributed by atoms with Crippen LogP contribution in [0.2, 0.25) is 10.0 Å². The summed E-state index contributed by atoms with van der Waals surface area (Å²) >= 11 is 12.4. The summed E-state index contributed by atoms with van der Waals surface area (Å²) in [5, 5.41) is 1.51. The van der Waals surface area contributed by atoms with E-state index in [1.165, 1.54) is 5.56 Å². The molecule has 0 aromatic heterocycles. The lowest BCUT2D eigenvalue weighted by Crippen LogP contribution is -1.92. The van der Waals surface area contributed by atoms with Crippen molar-refractivity contribution in [1.82, 2.24) is 0 Å². The minimum atomic E-state index is 0.736. The lowest BCUT2D eigenvalue weighted by atomic mass is 10.0. The molecular weight excluding hydrogens is 239 g/mol. The van der Waals surface area contributed by atoms with Gasteiger partial charge in [-0.3, -0.25) is 0 Å². The highest BCUT2D eigenvalue weighted by Crippen LogP contribution is 2.29. The minimum absolute atomic E-state index is 0.736. The maximum atomic E-state index is 6.26. The Morgan fingerprint density at radius 2 is 1.62 bits per heavy atom. The number of hydrogen-bond donors (Lipinski definition) is 0. The molecule has 0 saturated heterocycles. The lowest BCUT2D eigenvalue weighted by Gasteiger charge is -2.09. The summed E-state index contributed by atoms with van der Waals surface area (Å²) in [6, 6.07) is 14.0. The van der Waals surface area contributed by atoms with E-state index in [0.29, 0.717) is 0 Å². The van der Waals surface area contributed by atoms with Gasteiger partial charge in [0.15, 0.2) is 0 Å². The van der Waals surface area contributed by atoms with E-state index in [9.17, 15) is 0 Å². The van der Waals surface area contributed by atoms with Gasteiger partial charge in [0.25, 0.3) is 0 Å². The summed E-state index contributed by atoms with van der Waals surface area (Å²) in [6.07, 6.45) is 0.778. The molecule has 0 atom stereocenters. The molecular formula is C14H12Cl2. The molecule has 0 amide bonds. The first-order valence-electron chi connectivity index (χ1n) is 5.16. The first-order valence-corrected chi connectivity index (χ1v) is 5.91. The fourth-order valence-electron chi connectivity index (χ4n) is 1.68. The quantitative estimate of drug-likeness (QED) is 0.712. The third-order valence-electron chi connectivity index (χ3n) is 2.60. The van der Waals surface area contributed by atoms with E-state index in [1.807, 2.05) is 37.3 Å². The van der Waals surface area contributed by atoms with Crippen LogP contribution in [-0.4, -0.2) is 0 Å². The van der Waals surface area contributed by atoms with E-state index < -0.39 is 0 Å². The highest BCUT2D eigenvalue weighted by Gasteiger charge is 2.08. The predicted molar refractivity (Wildman–Crippen MR) is 70.4 cm³/mol. The molecule has 0 nitrogen and oxygen atoms in total. The first-order chi connectivity index (χ1) is 7.68. The van der Waals surface area contributed by atoms with Crippen molar-refractivity contribution in [2.24, 2.45) is 0 Å². The maximum Gasteiger partial charge on any atom is 0.0485 e. The summed E-state index contributed by atoms with van der Waals surface area (Å²) < 4.78 is 0. The average molecular weight is 251 g/mol. The van der Waals surface area contributed by atoms with Crippen molar-refractivity contribution in [3.63, 3.8) is 0 Å². The zero-order valence-electron chi connectivity index (χ0n) is 9.00. The highest BCUT2D eigenvalue weighted by molar-refractivity contribution is 6.36. The normalized spacial score (nSPS) is 10.4. The Morgan fingerprint density at radius 1 is 0.938 bits per heavy atom. The molecule has 0 radical (unpaired) electrons. The first kappa shape index (κ1) is 11.5. The van der Waals surface area contributed by atoms with E-state index in [1.54, 1.807) is 0 Å². The number of benzene rings is 2. The summed E-state index contributed by atoms with van der Waals surface area (Å²) in [7, 11) is 0. The Hall–Kier alpha value is -0.980. The van der Waals surface area contributed by atoms with Crippen LogP contribution in [0.15, 0.2) is 42.5 Å². The zero-order valence-corrected chi connectivity index (χ0v) is 10.5. The van der Waals surface area contributed by atoms with E-state index in [0.717, 1.165) is 27.6 Å². The van der Waals surface area contributed by atoms with Crippen LogP contribution >= 0.6 is 23.2 Å². The van der Waals surface area contributed by atoms with Crippen LogP contribution in [-0.2, 0) is 6.42 Å². The predicted octanol–water partition coefficient (Wildman–Crippen LogP) is 4.89. The monoisotopic (exact) mass is 250 g/mol. The Bertz CT molecular complexity index is 490. The molecule has 0 heterocycles. The third-order valence-corrected chi connectivity index (χ3v) is 3.48. The van der Waals surface area contributed by atoms with Crippen LogP contribution in [0.4, 0.5) is 0 Å². The van der Waals surface area contributed by atoms with Gasteiger partial charge in [-0.15, -0.1) is 0 Å². The van der Waals surface area contributed by atoms with E-state index >= 15 is 0 Å². The Balaban J connectivity index is 2.38. The molecule has 0 N–H and O–H groups in total. The van der Waals surface area contributed by atoms with Gasteiger partial charge in [0.1, 0.15) is 0 Å². The molecule has 0 unspecified atom stereocenters. The minimum Gasteiger partial charge on any atom is -0.0840 e. The molecule has 0 saturated carbocycles. The van der Waals surface area contributed by atoms with Crippen molar-refractivity contribution in [3.8, 4) is 0 Å². The van der Waals surface area contributed by atoms with E-state index in [2.05, 4.69) is 12.1 Å². The van der Waals surface area contributed by atoms with Gasteiger partial charge in [0.05, 0.1) is 0 Å². The van der Waals surface area contributed by atoms with Crippen molar-refractivity contribution < 1.29 is 0 Å². The topological polar surface area (TPSA) is 0 Å². The van der Waals surface area contributed by atoms with Crippen LogP contribution in [0.3, 0.4) is 0 Å². The lowest BCUT2D eigenvalue weighted by molar-refractivity contribution is 1.18. The number of hydrogen-bond acceptors (Lipinski definition) is 0. The molecule has 0 aliphatic carbocycles. The van der Waals surface area contributed by atoms with Crippen molar-refractivity contribution in [1.29, 1.82) is 0 Å². The summed E-state index contributed by atoms with van der Waals surface area (Å²) in [4.78, 5) is 0. The van der Waals surface area contributed by atoms with Gasteiger partial charge in [-0.25, -0.2) is 0 Å². The second kappa shape index (κ2) is 4.90. The van der Waals surface area contributed by atoms with Crippen LogP contribution in [0.5, 0.6) is 0 Å². The summed E-state index contributed by atoms with van der Waals surface area (Å²) in [5.74, 6) is 0. The van der Waals surface area contributed by atoms with Gasteiger partial charge < -0.3 is 0 Å². The van der Waals surface area contributed by atoms with Crippen LogP contribution < -0.4 is 0 Å². The van der Waals surface area contributed by atoms with Gasteiger partial charge in [-0.1, -0.05) is 59.6 Å². The molecule has 16 heavy (non-hydrogen) atoms. The molecule has 0 aliphatic rings. The summed E-state index contributed by atoms with van der Waals surface area (Å²) in [6.45, 7) is 1.99. The van der Waals surface area contributed by atoms with Crippen molar-refractivity contribution in [2.75, 3.05) is 0 Å².